The number of ether oxygens (including phenoxy) is 1. The Morgan fingerprint density at radius 2 is 1.62 bits per heavy atom. The Morgan fingerprint density at radius 3 is 2.35 bits per heavy atom. The number of amides is 1. The van der Waals surface area contributed by atoms with Crippen molar-refractivity contribution in [2.45, 2.75) is 13.5 Å². The number of para-hydroxylation sites is 1. The molecule has 0 aromatic heterocycles. The lowest BCUT2D eigenvalue weighted by Crippen LogP contribution is -2.27. The fraction of sp³-hybridized carbons (Fsp3) is 0.136. The number of hydrogen-bond donors (Lipinski definition) is 2. The Kier molecular flexibility index (Phi) is 6.01. The zero-order valence-electron chi connectivity index (χ0n) is 14.7. The summed E-state index contributed by atoms with van der Waals surface area (Å²) in [6, 6.07) is 25.1. The molecule has 0 heterocycles. The molecular formula is C22H22N2O2. The van der Waals surface area contributed by atoms with Gasteiger partial charge in [0.1, 0.15) is 11.5 Å². The second kappa shape index (κ2) is 8.83. The molecule has 4 nitrogen and oxygen atoms in total. The van der Waals surface area contributed by atoms with Crippen LogP contribution in [0.15, 0.2) is 78.9 Å². The van der Waals surface area contributed by atoms with Gasteiger partial charge in [0.2, 0.25) is 5.91 Å². The van der Waals surface area contributed by atoms with Crippen LogP contribution in [0.3, 0.4) is 0 Å². The molecule has 0 bridgehead atoms. The van der Waals surface area contributed by atoms with Crippen molar-refractivity contribution in [1.82, 2.24) is 5.32 Å². The third-order valence-electron chi connectivity index (χ3n) is 3.81. The van der Waals surface area contributed by atoms with E-state index in [1.807, 2.05) is 66.7 Å². The van der Waals surface area contributed by atoms with Gasteiger partial charge in [0, 0.05) is 12.2 Å². The summed E-state index contributed by atoms with van der Waals surface area (Å²) in [5.74, 6) is 1.44. The molecule has 0 unspecified atom stereocenters. The highest BCUT2D eigenvalue weighted by atomic mass is 16.5. The first-order chi connectivity index (χ1) is 12.7. The molecule has 3 aromatic carbocycles. The Bertz CT molecular complexity index is 846. The molecule has 1 amide bonds. The van der Waals surface area contributed by atoms with Crippen molar-refractivity contribution < 1.29 is 9.53 Å². The van der Waals surface area contributed by atoms with Crippen LogP contribution in [-0.4, -0.2) is 12.5 Å². The van der Waals surface area contributed by atoms with Crippen LogP contribution >= 0.6 is 0 Å². The van der Waals surface area contributed by atoms with Gasteiger partial charge in [-0.2, -0.15) is 0 Å². The van der Waals surface area contributed by atoms with E-state index in [9.17, 15) is 4.79 Å². The molecule has 26 heavy (non-hydrogen) atoms. The highest BCUT2D eigenvalue weighted by Gasteiger charge is 2.03. The molecule has 132 valence electrons. The summed E-state index contributed by atoms with van der Waals surface area (Å²) in [7, 11) is 0. The molecule has 0 saturated heterocycles. The van der Waals surface area contributed by atoms with Crippen molar-refractivity contribution >= 4 is 11.6 Å². The van der Waals surface area contributed by atoms with E-state index in [1.165, 1.54) is 11.1 Å². The molecular weight excluding hydrogens is 324 g/mol. The lowest BCUT2D eigenvalue weighted by Gasteiger charge is -2.09. The normalized spacial score (nSPS) is 10.3. The Labute approximate surface area is 153 Å². The van der Waals surface area contributed by atoms with Gasteiger partial charge in [0.25, 0.3) is 0 Å². The maximum Gasteiger partial charge on any atom is 0.238 e. The van der Waals surface area contributed by atoms with Gasteiger partial charge in [-0.1, -0.05) is 48.0 Å². The predicted molar refractivity (Wildman–Crippen MR) is 104 cm³/mol. The molecule has 2 N–H and O–H groups in total. The minimum atomic E-state index is -0.0746. The maximum absolute atomic E-state index is 12.0. The Hall–Kier alpha value is -3.11. The van der Waals surface area contributed by atoms with Gasteiger partial charge in [-0.25, -0.2) is 0 Å². The summed E-state index contributed by atoms with van der Waals surface area (Å²) in [6.07, 6.45) is 0. The molecule has 0 saturated carbocycles. The average Bonchev–Trinajstić information content (AvgIpc) is 2.64. The lowest BCUT2D eigenvalue weighted by molar-refractivity contribution is -0.115. The van der Waals surface area contributed by atoms with E-state index < -0.39 is 0 Å². The molecule has 0 aliphatic carbocycles. The molecule has 0 atom stereocenters. The number of rotatable bonds is 7. The van der Waals surface area contributed by atoms with Crippen LogP contribution in [-0.2, 0) is 11.3 Å². The van der Waals surface area contributed by atoms with Gasteiger partial charge in [-0.3, -0.25) is 4.79 Å². The summed E-state index contributed by atoms with van der Waals surface area (Å²) in [6.45, 7) is 2.98. The highest BCUT2D eigenvalue weighted by molar-refractivity contribution is 5.92. The Balaban J connectivity index is 1.45. The first-order valence-electron chi connectivity index (χ1n) is 8.58. The fourth-order valence-electron chi connectivity index (χ4n) is 2.58. The molecule has 0 radical (unpaired) electrons. The molecule has 3 rings (SSSR count). The third kappa shape index (κ3) is 5.46. The zero-order valence-corrected chi connectivity index (χ0v) is 14.7. The van der Waals surface area contributed by atoms with Gasteiger partial charge in [0.15, 0.2) is 0 Å². The summed E-state index contributed by atoms with van der Waals surface area (Å²) in [5.41, 5.74) is 3.12. The van der Waals surface area contributed by atoms with Gasteiger partial charge < -0.3 is 15.4 Å². The minimum absolute atomic E-state index is 0.0746. The number of anilines is 1. The van der Waals surface area contributed by atoms with Crippen LogP contribution in [0.4, 0.5) is 5.69 Å². The smallest absolute Gasteiger partial charge is 0.238 e. The van der Waals surface area contributed by atoms with Crippen molar-refractivity contribution in [3.63, 3.8) is 0 Å². The van der Waals surface area contributed by atoms with Gasteiger partial charge in [-0.05, 0) is 48.9 Å². The summed E-state index contributed by atoms with van der Waals surface area (Å²) in [5, 5.41) is 6.03. The SMILES string of the molecule is Cc1cccc(CNCC(=O)Nc2ccc(Oc3ccccc3)cc2)c1. The molecule has 0 fully saturated rings. The zero-order chi connectivity index (χ0) is 18.2. The standard InChI is InChI=1S/C22H22N2O2/c1-17-6-5-7-18(14-17)15-23-16-22(25)24-19-10-12-21(13-11-19)26-20-8-3-2-4-9-20/h2-14,23H,15-16H2,1H3,(H,24,25). The number of carbonyl (C=O) groups is 1. The van der Waals surface area contributed by atoms with Gasteiger partial charge in [-0.15, -0.1) is 0 Å². The van der Waals surface area contributed by atoms with E-state index in [2.05, 4.69) is 29.7 Å². The highest BCUT2D eigenvalue weighted by Crippen LogP contribution is 2.22. The number of benzene rings is 3. The van der Waals surface area contributed by atoms with Crippen molar-refractivity contribution in [2.24, 2.45) is 0 Å². The third-order valence-corrected chi connectivity index (χ3v) is 3.81. The Morgan fingerprint density at radius 1 is 0.885 bits per heavy atom. The van der Waals surface area contributed by atoms with Crippen LogP contribution < -0.4 is 15.4 Å². The average molecular weight is 346 g/mol. The predicted octanol–water partition coefficient (Wildman–Crippen LogP) is 4.52. The van der Waals surface area contributed by atoms with Crippen molar-refractivity contribution in [3.8, 4) is 11.5 Å². The van der Waals surface area contributed by atoms with E-state index in [-0.39, 0.29) is 12.5 Å². The van der Waals surface area contributed by atoms with Crippen LogP contribution in [0.25, 0.3) is 0 Å². The van der Waals surface area contributed by atoms with Crippen molar-refractivity contribution in [1.29, 1.82) is 0 Å². The van der Waals surface area contributed by atoms with Crippen LogP contribution in [0, 0.1) is 6.92 Å². The monoisotopic (exact) mass is 346 g/mol. The minimum Gasteiger partial charge on any atom is -0.457 e. The van der Waals surface area contributed by atoms with Crippen LogP contribution in [0.1, 0.15) is 11.1 Å². The second-order valence-corrected chi connectivity index (χ2v) is 6.08. The summed E-state index contributed by atoms with van der Waals surface area (Å²) in [4.78, 5) is 12.0. The topological polar surface area (TPSA) is 50.4 Å². The lowest BCUT2D eigenvalue weighted by atomic mass is 10.1. The number of hydrogen-bond acceptors (Lipinski definition) is 3. The quantitative estimate of drug-likeness (QED) is 0.661. The number of aryl methyl sites for hydroxylation is 1. The second-order valence-electron chi connectivity index (χ2n) is 6.08. The molecule has 0 aliphatic rings. The number of carbonyl (C=O) groups excluding carboxylic acids is 1. The molecule has 4 heteroatoms. The first-order valence-corrected chi connectivity index (χ1v) is 8.58. The fourth-order valence-corrected chi connectivity index (χ4v) is 2.58. The maximum atomic E-state index is 12.0. The van der Waals surface area contributed by atoms with E-state index >= 15 is 0 Å². The molecule has 3 aromatic rings. The van der Waals surface area contributed by atoms with Gasteiger partial charge in [0.05, 0.1) is 6.54 Å². The molecule has 0 aliphatic heterocycles. The van der Waals surface area contributed by atoms with E-state index in [0.717, 1.165) is 17.2 Å². The molecule has 0 spiro atoms. The summed E-state index contributed by atoms with van der Waals surface area (Å²) < 4.78 is 5.74. The van der Waals surface area contributed by atoms with E-state index in [4.69, 9.17) is 4.74 Å². The number of nitrogens with one attached hydrogen (secondary N) is 2. The van der Waals surface area contributed by atoms with Crippen molar-refractivity contribution in [3.05, 3.63) is 90.0 Å². The van der Waals surface area contributed by atoms with E-state index in [1.54, 1.807) is 0 Å². The van der Waals surface area contributed by atoms with Gasteiger partial charge >= 0.3 is 0 Å². The van der Waals surface area contributed by atoms with Crippen LogP contribution in [0.5, 0.6) is 11.5 Å². The summed E-state index contributed by atoms with van der Waals surface area (Å²) >= 11 is 0. The van der Waals surface area contributed by atoms with E-state index in [0.29, 0.717) is 6.54 Å². The van der Waals surface area contributed by atoms with Crippen LogP contribution in [0.2, 0.25) is 0 Å². The first kappa shape index (κ1) is 17.7. The van der Waals surface area contributed by atoms with Crippen molar-refractivity contribution in [2.75, 3.05) is 11.9 Å². The largest absolute Gasteiger partial charge is 0.457 e.